The largest absolute Gasteiger partial charge is 0.354 e. The standard InChI is InChI=1S/C31H38BrN3O4S/c1-4-18-33-31(37)29(22-25-12-6-5-7-13-25)34(23-26-14-9-15-27(32)21-26)30(36)17-10-19-35(40(3,38)39)28-16-8-11-24(2)20-28/h5-9,11-16,20-21,29H,4,10,17-19,22-23H2,1-3H3,(H,33,37). The summed E-state index contributed by atoms with van der Waals surface area (Å²) in [5.41, 5.74) is 3.36. The Hall–Kier alpha value is -3.17. The highest BCUT2D eigenvalue weighted by Crippen LogP contribution is 2.22. The fourth-order valence-corrected chi connectivity index (χ4v) is 5.94. The van der Waals surface area contributed by atoms with E-state index >= 15 is 0 Å². The lowest BCUT2D eigenvalue weighted by molar-refractivity contribution is -0.141. The van der Waals surface area contributed by atoms with Crippen LogP contribution in [-0.4, -0.2) is 50.5 Å². The molecule has 0 saturated carbocycles. The quantitative estimate of drug-likeness (QED) is 0.257. The van der Waals surface area contributed by atoms with E-state index in [0.29, 0.717) is 25.1 Å². The van der Waals surface area contributed by atoms with Gasteiger partial charge in [-0.3, -0.25) is 13.9 Å². The highest BCUT2D eigenvalue weighted by atomic mass is 79.9. The third kappa shape index (κ3) is 9.48. The Balaban J connectivity index is 1.87. The van der Waals surface area contributed by atoms with Crippen molar-refractivity contribution in [2.75, 3.05) is 23.7 Å². The number of hydrogen-bond acceptors (Lipinski definition) is 4. The number of rotatable bonds is 14. The van der Waals surface area contributed by atoms with E-state index < -0.39 is 16.1 Å². The molecule has 0 aliphatic carbocycles. The molecule has 1 unspecified atom stereocenters. The maximum absolute atomic E-state index is 13.8. The Kier molecular flexibility index (Phi) is 11.8. The number of anilines is 1. The second-order valence-corrected chi connectivity index (χ2v) is 12.7. The van der Waals surface area contributed by atoms with Gasteiger partial charge >= 0.3 is 0 Å². The summed E-state index contributed by atoms with van der Waals surface area (Å²) < 4.78 is 27.4. The van der Waals surface area contributed by atoms with Crippen LogP contribution in [-0.2, 0) is 32.6 Å². The van der Waals surface area contributed by atoms with Gasteiger partial charge in [0.05, 0.1) is 11.9 Å². The van der Waals surface area contributed by atoms with Gasteiger partial charge in [0.1, 0.15) is 6.04 Å². The van der Waals surface area contributed by atoms with E-state index in [2.05, 4.69) is 21.2 Å². The number of nitrogens with one attached hydrogen (secondary N) is 1. The van der Waals surface area contributed by atoms with Gasteiger partial charge < -0.3 is 10.2 Å². The molecule has 7 nitrogen and oxygen atoms in total. The maximum atomic E-state index is 13.8. The summed E-state index contributed by atoms with van der Waals surface area (Å²) in [6.45, 7) is 4.82. The molecule has 0 fully saturated rings. The molecule has 0 bridgehead atoms. The van der Waals surface area contributed by atoms with Crippen molar-refractivity contribution >= 4 is 43.5 Å². The molecule has 2 amide bonds. The van der Waals surface area contributed by atoms with Crippen LogP contribution < -0.4 is 9.62 Å². The first kappa shape index (κ1) is 31.4. The molecule has 0 spiro atoms. The van der Waals surface area contributed by atoms with Crippen LogP contribution in [0.3, 0.4) is 0 Å². The minimum absolute atomic E-state index is 0.0954. The molecule has 1 N–H and O–H groups in total. The molecule has 0 aromatic heterocycles. The van der Waals surface area contributed by atoms with Crippen LogP contribution >= 0.6 is 15.9 Å². The third-order valence-corrected chi connectivity index (χ3v) is 8.19. The van der Waals surface area contributed by atoms with Crippen LogP contribution in [0.15, 0.2) is 83.3 Å². The van der Waals surface area contributed by atoms with Crippen LogP contribution in [0, 0.1) is 6.92 Å². The first-order chi connectivity index (χ1) is 19.1. The Morgan fingerprint density at radius 2 is 1.65 bits per heavy atom. The first-order valence-electron chi connectivity index (χ1n) is 13.5. The van der Waals surface area contributed by atoms with Gasteiger partial charge in [-0.1, -0.05) is 77.5 Å². The van der Waals surface area contributed by atoms with Crippen molar-refractivity contribution in [2.24, 2.45) is 0 Å². The van der Waals surface area contributed by atoms with Gasteiger partial charge in [-0.15, -0.1) is 0 Å². The molecule has 3 aromatic rings. The van der Waals surface area contributed by atoms with Crippen LogP contribution in [0.5, 0.6) is 0 Å². The van der Waals surface area contributed by atoms with E-state index in [4.69, 9.17) is 0 Å². The summed E-state index contributed by atoms with van der Waals surface area (Å²) in [5, 5.41) is 2.98. The zero-order chi connectivity index (χ0) is 29.1. The van der Waals surface area contributed by atoms with Gasteiger partial charge in [-0.2, -0.15) is 0 Å². The summed E-state index contributed by atoms with van der Waals surface area (Å²) in [5.74, 6) is -0.406. The summed E-state index contributed by atoms with van der Waals surface area (Å²) in [4.78, 5) is 28.9. The third-order valence-electron chi connectivity index (χ3n) is 6.50. The van der Waals surface area contributed by atoms with E-state index in [1.54, 1.807) is 11.0 Å². The van der Waals surface area contributed by atoms with Gasteiger partial charge in [-0.25, -0.2) is 8.42 Å². The molecule has 0 aliphatic rings. The minimum atomic E-state index is -3.55. The Morgan fingerprint density at radius 1 is 0.950 bits per heavy atom. The second kappa shape index (κ2) is 15.0. The normalized spacial score (nSPS) is 12.0. The Labute approximate surface area is 246 Å². The zero-order valence-corrected chi connectivity index (χ0v) is 25.7. The first-order valence-corrected chi connectivity index (χ1v) is 16.1. The van der Waals surface area contributed by atoms with E-state index in [9.17, 15) is 18.0 Å². The van der Waals surface area contributed by atoms with Gasteiger partial charge in [0.15, 0.2) is 0 Å². The predicted octanol–water partition coefficient (Wildman–Crippen LogP) is 5.47. The lowest BCUT2D eigenvalue weighted by Gasteiger charge is -2.32. The Morgan fingerprint density at radius 3 is 2.30 bits per heavy atom. The van der Waals surface area contributed by atoms with E-state index in [0.717, 1.165) is 27.6 Å². The lowest BCUT2D eigenvalue weighted by Crippen LogP contribution is -2.50. The summed E-state index contributed by atoms with van der Waals surface area (Å²) in [6.07, 6.45) is 2.73. The number of carbonyl (C=O) groups excluding carboxylic acids is 2. The fraction of sp³-hybridized carbons (Fsp3) is 0.355. The predicted molar refractivity (Wildman–Crippen MR) is 165 cm³/mol. The second-order valence-electron chi connectivity index (χ2n) is 9.93. The van der Waals surface area contributed by atoms with Crippen molar-refractivity contribution in [1.29, 1.82) is 0 Å². The van der Waals surface area contributed by atoms with Gasteiger partial charge in [0.25, 0.3) is 0 Å². The number of nitrogens with zero attached hydrogens (tertiary/aromatic N) is 2. The fourth-order valence-electron chi connectivity index (χ4n) is 4.54. The molecular formula is C31H38BrN3O4S. The highest BCUT2D eigenvalue weighted by molar-refractivity contribution is 9.10. The van der Waals surface area contributed by atoms with Crippen LogP contribution in [0.4, 0.5) is 5.69 Å². The highest BCUT2D eigenvalue weighted by Gasteiger charge is 2.30. The summed E-state index contributed by atoms with van der Waals surface area (Å²) in [7, 11) is -3.55. The van der Waals surface area contributed by atoms with Crippen molar-refractivity contribution in [1.82, 2.24) is 10.2 Å². The number of hydrogen-bond donors (Lipinski definition) is 1. The smallest absolute Gasteiger partial charge is 0.243 e. The molecule has 0 aliphatic heterocycles. The minimum Gasteiger partial charge on any atom is -0.354 e. The van der Waals surface area contributed by atoms with Gasteiger partial charge in [-0.05, 0) is 60.7 Å². The van der Waals surface area contributed by atoms with Gasteiger partial charge in [0, 0.05) is 36.9 Å². The molecule has 0 radical (unpaired) electrons. The molecule has 40 heavy (non-hydrogen) atoms. The van der Waals surface area contributed by atoms with Crippen molar-refractivity contribution in [2.45, 2.75) is 52.1 Å². The number of carbonyl (C=O) groups is 2. The molecule has 3 aromatic carbocycles. The molecule has 214 valence electrons. The van der Waals surface area contributed by atoms with Crippen LogP contribution in [0.2, 0.25) is 0 Å². The summed E-state index contributed by atoms with van der Waals surface area (Å²) >= 11 is 3.50. The lowest BCUT2D eigenvalue weighted by atomic mass is 10.0. The van der Waals surface area contributed by atoms with Crippen LogP contribution in [0.25, 0.3) is 0 Å². The average Bonchev–Trinajstić information content (AvgIpc) is 2.91. The van der Waals surface area contributed by atoms with Gasteiger partial charge in [0.2, 0.25) is 21.8 Å². The van der Waals surface area contributed by atoms with Crippen LogP contribution in [0.1, 0.15) is 42.9 Å². The van der Waals surface area contributed by atoms with E-state index in [-0.39, 0.29) is 31.3 Å². The van der Waals surface area contributed by atoms with Crippen molar-refractivity contribution in [3.63, 3.8) is 0 Å². The topological polar surface area (TPSA) is 86.8 Å². The molecule has 1 atom stereocenters. The number of benzene rings is 3. The van der Waals surface area contributed by atoms with E-state index in [1.165, 1.54) is 10.6 Å². The van der Waals surface area contributed by atoms with Crippen molar-refractivity contribution < 1.29 is 18.0 Å². The van der Waals surface area contributed by atoms with Crippen molar-refractivity contribution in [3.8, 4) is 0 Å². The maximum Gasteiger partial charge on any atom is 0.243 e. The molecule has 0 heterocycles. The molecule has 3 rings (SSSR count). The summed E-state index contributed by atoms with van der Waals surface area (Å²) in [6, 6.07) is 23.9. The Bertz CT molecular complexity index is 1380. The van der Waals surface area contributed by atoms with E-state index in [1.807, 2.05) is 86.6 Å². The van der Waals surface area contributed by atoms with Crippen molar-refractivity contribution in [3.05, 3.63) is 100 Å². The number of aryl methyl sites for hydroxylation is 1. The molecule has 9 heteroatoms. The number of sulfonamides is 1. The number of halogens is 1. The molecular weight excluding hydrogens is 590 g/mol. The molecule has 0 saturated heterocycles. The number of amides is 2. The average molecular weight is 629 g/mol. The monoisotopic (exact) mass is 627 g/mol. The SMILES string of the molecule is CCCNC(=O)C(Cc1ccccc1)N(Cc1cccc(Br)c1)C(=O)CCCN(c1cccc(C)c1)S(C)(=O)=O. The zero-order valence-electron chi connectivity index (χ0n) is 23.3.